The van der Waals surface area contributed by atoms with E-state index in [1.807, 2.05) is 6.07 Å². The molecule has 9 nitrogen and oxygen atoms in total. The van der Waals surface area contributed by atoms with Crippen molar-refractivity contribution < 1.29 is 34.1 Å². The number of carbonyl (C=O) groups excluding carboxylic acids is 3. The van der Waals surface area contributed by atoms with E-state index in [2.05, 4.69) is 10.2 Å². The van der Waals surface area contributed by atoms with Gasteiger partial charge in [0.15, 0.2) is 23.4 Å². The molecule has 10 heteroatoms. The Morgan fingerprint density at radius 2 is 2.05 bits per heavy atom. The molecule has 7 rings (SSSR count). The first-order valence-electron chi connectivity index (χ1n) is 13.4. The Balaban J connectivity index is 1.30. The van der Waals surface area contributed by atoms with Crippen LogP contribution in [0.2, 0.25) is 5.02 Å². The third-order valence-electron chi connectivity index (χ3n) is 9.59. The summed E-state index contributed by atoms with van der Waals surface area (Å²) in [5.41, 5.74) is -0.579. The minimum Gasteiger partial charge on any atom is -0.504 e. The van der Waals surface area contributed by atoms with Crippen LogP contribution in [-0.4, -0.2) is 70.7 Å². The normalized spacial score (nSPS) is 32.3. The molecular formula is C29H29ClN2O7. The van der Waals surface area contributed by atoms with Gasteiger partial charge in [-0.05, 0) is 74.4 Å². The Hall–Kier alpha value is -3.14. The number of ketones is 1. The van der Waals surface area contributed by atoms with Crippen molar-refractivity contribution in [2.45, 2.75) is 55.3 Å². The van der Waals surface area contributed by atoms with Gasteiger partial charge >= 0.3 is 5.97 Å². The van der Waals surface area contributed by atoms with E-state index in [1.54, 1.807) is 6.07 Å². The molecule has 2 bridgehead atoms. The van der Waals surface area contributed by atoms with Gasteiger partial charge in [-0.15, -0.1) is 0 Å². The maximum absolute atomic E-state index is 14.0. The van der Waals surface area contributed by atoms with Crippen LogP contribution < -0.4 is 10.1 Å². The predicted octanol–water partition coefficient (Wildman–Crippen LogP) is 2.83. The summed E-state index contributed by atoms with van der Waals surface area (Å²) >= 11 is 6.14. The van der Waals surface area contributed by atoms with Gasteiger partial charge in [-0.25, -0.2) is 4.79 Å². The fourth-order valence-corrected chi connectivity index (χ4v) is 7.82. The van der Waals surface area contributed by atoms with Gasteiger partial charge < -0.3 is 25.0 Å². The topological polar surface area (TPSA) is 125 Å². The van der Waals surface area contributed by atoms with E-state index >= 15 is 0 Å². The summed E-state index contributed by atoms with van der Waals surface area (Å²) in [6.45, 7) is 1.57. The summed E-state index contributed by atoms with van der Waals surface area (Å²) in [6.07, 6.45) is 2.15. The van der Waals surface area contributed by atoms with E-state index in [0.717, 1.165) is 12.1 Å². The van der Waals surface area contributed by atoms with Crippen LogP contribution >= 0.6 is 11.6 Å². The van der Waals surface area contributed by atoms with Gasteiger partial charge in [-0.1, -0.05) is 17.7 Å². The second kappa shape index (κ2) is 8.43. The van der Waals surface area contributed by atoms with Crippen LogP contribution in [0, 0.1) is 11.8 Å². The zero-order chi connectivity index (χ0) is 27.3. The number of nitrogens with one attached hydrogen (secondary N) is 1. The number of rotatable bonds is 5. The Labute approximate surface area is 230 Å². The number of Topliss-reactive ketones (excluding diaryl/α,β-unsaturated/α-hetero) is 1. The molecule has 2 aliphatic heterocycles. The number of phenolic OH excluding ortho intramolecular Hbond substituents is 1. The summed E-state index contributed by atoms with van der Waals surface area (Å²) in [5.74, 6) is -2.24. The lowest BCUT2D eigenvalue weighted by Gasteiger charge is -2.63. The number of likely N-dealkylation sites (tertiary alicyclic amines) is 1. The molecule has 0 aromatic heterocycles. The Morgan fingerprint density at radius 1 is 1.26 bits per heavy atom. The van der Waals surface area contributed by atoms with E-state index in [1.165, 1.54) is 38.2 Å². The van der Waals surface area contributed by atoms with Crippen molar-refractivity contribution in [1.29, 1.82) is 0 Å². The number of benzene rings is 2. The van der Waals surface area contributed by atoms with Gasteiger partial charge in [0, 0.05) is 23.2 Å². The molecule has 39 heavy (non-hydrogen) atoms. The van der Waals surface area contributed by atoms with E-state index in [4.69, 9.17) is 21.1 Å². The lowest BCUT2D eigenvalue weighted by Crippen LogP contribution is -2.78. The van der Waals surface area contributed by atoms with Crippen LogP contribution in [0.4, 0.5) is 5.69 Å². The number of halogens is 1. The molecule has 2 aromatic carbocycles. The van der Waals surface area contributed by atoms with Crippen LogP contribution in [0.5, 0.6) is 11.5 Å². The molecule has 5 atom stereocenters. The number of ether oxygens (including phenoxy) is 2. The van der Waals surface area contributed by atoms with Crippen LogP contribution in [0.15, 0.2) is 30.3 Å². The van der Waals surface area contributed by atoms with Crippen LogP contribution in [-0.2, 0) is 26.2 Å². The highest BCUT2D eigenvalue weighted by Crippen LogP contribution is 2.65. The molecule has 2 heterocycles. The first-order valence-corrected chi connectivity index (χ1v) is 13.8. The number of piperidine rings is 1. The first-order chi connectivity index (χ1) is 18.7. The summed E-state index contributed by atoms with van der Waals surface area (Å²) in [4.78, 5) is 42.4. The van der Waals surface area contributed by atoms with Gasteiger partial charge in [-0.2, -0.15) is 0 Å². The molecule has 3 N–H and O–H groups in total. The van der Waals surface area contributed by atoms with Gasteiger partial charge in [0.2, 0.25) is 5.91 Å². The molecule has 3 fully saturated rings. The summed E-state index contributed by atoms with van der Waals surface area (Å²) in [7, 11) is 1.23. The maximum atomic E-state index is 14.0. The lowest BCUT2D eigenvalue weighted by molar-refractivity contribution is -0.197. The van der Waals surface area contributed by atoms with E-state index < -0.39 is 40.7 Å². The van der Waals surface area contributed by atoms with Crippen molar-refractivity contribution in [3.05, 3.63) is 52.0 Å². The van der Waals surface area contributed by atoms with E-state index in [0.29, 0.717) is 35.9 Å². The van der Waals surface area contributed by atoms with Crippen molar-refractivity contribution in [1.82, 2.24) is 4.90 Å². The fourth-order valence-electron chi connectivity index (χ4n) is 7.65. The average Bonchev–Trinajstić information content (AvgIpc) is 3.65. The highest BCUT2D eigenvalue weighted by molar-refractivity contribution is 6.31. The standard InChI is InChI=1S/C29H29ClN2O7/c1-38-27(36)17-6-5-16(30)11-19(17)31-26(35)18-12-29(37)21-10-15-4-7-20(33)24-22(15)28(29,25(39-24)23(18)34)8-9-32(21)13-14-2-3-14/h4-7,11,14,18,21,25,33,37H,2-3,8-10,12-13H2,1H3,(H,31,35)/t18?,21-,25+,28+,29-/m1/s1. The zero-order valence-electron chi connectivity index (χ0n) is 21.4. The van der Waals surface area contributed by atoms with Gasteiger partial charge in [-0.3, -0.25) is 14.5 Å². The Kier molecular flexibility index (Phi) is 5.37. The highest BCUT2D eigenvalue weighted by Gasteiger charge is 2.75. The Morgan fingerprint density at radius 3 is 2.79 bits per heavy atom. The van der Waals surface area contributed by atoms with Crippen LogP contribution in [0.3, 0.4) is 0 Å². The van der Waals surface area contributed by atoms with Crippen molar-refractivity contribution in [3.63, 3.8) is 0 Å². The monoisotopic (exact) mass is 552 g/mol. The number of aliphatic hydroxyl groups is 1. The molecule has 2 saturated carbocycles. The maximum Gasteiger partial charge on any atom is 0.339 e. The largest absolute Gasteiger partial charge is 0.504 e. The first kappa shape index (κ1) is 24.9. The molecular weight excluding hydrogens is 524 g/mol. The number of hydrogen-bond donors (Lipinski definition) is 3. The summed E-state index contributed by atoms with van der Waals surface area (Å²) in [5, 5.41) is 26.4. The molecule has 5 aliphatic rings. The fraction of sp³-hybridized carbons (Fsp3) is 0.483. The van der Waals surface area contributed by atoms with E-state index in [-0.39, 0.29) is 35.2 Å². The molecule has 1 spiro atoms. The molecule has 204 valence electrons. The SMILES string of the molecule is COC(=O)c1ccc(Cl)cc1NC(=O)C1C[C@@]2(O)[C@H]3Cc4ccc(O)c5c4[C@@]2(CCN3CC2CC2)[C@@H](O5)C1=O. The zero-order valence-corrected chi connectivity index (χ0v) is 22.2. The lowest BCUT2D eigenvalue weighted by atomic mass is 9.47. The number of methoxy groups -OCH3 is 1. The van der Waals surface area contributed by atoms with Gasteiger partial charge in [0.1, 0.15) is 5.92 Å². The van der Waals surface area contributed by atoms with E-state index in [9.17, 15) is 24.6 Å². The number of amides is 1. The van der Waals surface area contributed by atoms with Crippen molar-refractivity contribution in [3.8, 4) is 11.5 Å². The average molecular weight is 553 g/mol. The number of hydrogen-bond acceptors (Lipinski definition) is 8. The van der Waals surface area contributed by atoms with Crippen LogP contribution in [0.25, 0.3) is 0 Å². The third-order valence-corrected chi connectivity index (χ3v) is 9.83. The number of nitrogens with zero attached hydrogens (tertiary/aromatic N) is 1. The molecule has 1 saturated heterocycles. The van der Waals surface area contributed by atoms with Crippen molar-refractivity contribution >= 4 is 34.9 Å². The smallest absolute Gasteiger partial charge is 0.339 e. The number of esters is 1. The molecule has 0 radical (unpaired) electrons. The van der Waals surface area contributed by atoms with Crippen LogP contribution in [0.1, 0.15) is 47.2 Å². The third kappa shape index (κ3) is 3.36. The van der Waals surface area contributed by atoms with Crippen molar-refractivity contribution in [2.24, 2.45) is 11.8 Å². The quantitative estimate of drug-likeness (QED) is 0.382. The second-order valence-electron chi connectivity index (χ2n) is 11.6. The molecule has 2 aromatic rings. The minimum absolute atomic E-state index is 0.0748. The Bertz CT molecular complexity index is 1440. The number of carbonyl (C=O) groups is 3. The second-order valence-corrected chi connectivity index (χ2v) is 12.0. The minimum atomic E-state index is -1.44. The van der Waals surface area contributed by atoms with Gasteiger partial charge in [0.05, 0.1) is 29.4 Å². The number of anilines is 1. The molecule has 1 amide bonds. The van der Waals surface area contributed by atoms with Crippen molar-refractivity contribution in [2.75, 3.05) is 25.5 Å². The summed E-state index contributed by atoms with van der Waals surface area (Å²) in [6, 6.07) is 7.51. The molecule has 1 unspecified atom stereocenters. The number of phenols is 1. The molecule has 3 aliphatic carbocycles. The predicted molar refractivity (Wildman–Crippen MR) is 140 cm³/mol. The van der Waals surface area contributed by atoms with Gasteiger partial charge in [0.25, 0.3) is 0 Å². The highest BCUT2D eigenvalue weighted by atomic mass is 35.5. The summed E-state index contributed by atoms with van der Waals surface area (Å²) < 4.78 is 11.0. The number of aromatic hydroxyl groups is 1.